The lowest BCUT2D eigenvalue weighted by molar-refractivity contribution is -0.317. The summed E-state index contributed by atoms with van der Waals surface area (Å²) in [5.74, 6) is -0.845. The minimum atomic E-state index is -1.69. The molecule has 38 heavy (non-hydrogen) atoms. The summed E-state index contributed by atoms with van der Waals surface area (Å²) in [5, 5.41) is 12.1. The number of carbonyl (C=O) groups is 2. The SMILES string of the molecule is CC(=O)OC1CC2C=C[C@H]3[C@@H]4CC[C@H](C(C)C5OCC(C)(C)CO5)[C@@]4(C)CC[C@@H]3[C@@]2(C)C(O)(OC(C)=O)C1. The van der Waals surface area contributed by atoms with Crippen LogP contribution in [-0.4, -0.2) is 48.4 Å². The van der Waals surface area contributed by atoms with Crippen molar-refractivity contribution in [3.05, 3.63) is 12.2 Å². The van der Waals surface area contributed by atoms with E-state index >= 15 is 0 Å². The van der Waals surface area contributed by atoms with E-state index in [2.05, 4.69) is 46.8 Å². The molecule has 1 aliphatic heterocycles. The highest BCUT2D eigenvalue weighted by Gasteiger charge is 2.68. The lowest BCUT2D eigenvalue weighted by atomic mass is 9.44. The number of fused-ring (bicyclic) bond motifs is 5. The van der Waals surface area contributed by atoms with Crippen LogP contribution in [0.25, 0.3) is 0 Å². The minimum Gasteiger partial charge on any atom is -0.462 e. The first-order valence-corrected chi connectivity index (χ1v) is 14.7. The van der Waals surface area contributed by atoms with Crippen molar-refractivity contribution < 1.29 is 33.6 Å². The van der Waals surface area contributed by atoms with E-state index in [1.54, 1.807) is 0 Å². The van der Waals surface area contributed by atoms with Crippen LogP contribution in [0.1, 0.15) is 87.0 Å². The zero-order valence-electron chi connectivity index (χ0n) is 24.3. The topological polar surface area (TPSA) is 91.3 Å². The molecular formula is C31H48O7. The first-order valence-electron chi connectivity index (χ1n) is 14.7. The summed E-state index contributed by atoms with van der Waals surface area (Å²) in [6, 6.07) is 0. The Hall–Kier alpha value is -1.44. The molecule has 4 fully saturated rings. The summed E-state index contributed by atoms with van der Waals surface area (Å²) >= 11 is 0. The van der Waals surface area contributed by atoms with Crippen LogP contribution in [0.15, 0.2) is 12.2 Å². The maximum Gasteiger partial charge on any atom is 0.305 e. The van der Waals surface area contributed by atoms with Crippen molar-refractivity contribution in [2.45, 2.75) is 105 Å². The highest BCUT2D eigenvalue weighted by molar-refractivity contribution is 5.67. The van der Waals surface area contributed by atoms with Gasteiger partial charge in [-0.3, -0.25) is 9.59 Å². The van der Waals surface area contributed by atoms with Gasteiger partial charge in [-0.25, -0.2) is 0 Å². The first kappa shape index (κ1) is 28.1. The Morgan fingerprint density at radius 2 is 1.66 bits per heavy atom. The van der Waals surface area contributed by atoms with Crippen LogP contribution in [0.3, 0.4) is 0 Å². The molecule has 0 radical (unpaired) electrons. The van der Waals surface area contributed by atoms with E-state index in [1.165, 1.54) is 13.8 Å². The van der Waals surface area contributed by atoms with E-state index in [1.807, 2.05) is 0 Å². The van der Waals surface area contributed by atoms with Crippen molar-refractivity contribution in [2.75, 3.05) is 13.2 Å². The second-order valence-electron chi connectivity index (χ2n) is 14.4. The molecule has 4 unspecified atom stereocenters. The van der Waals surface area contributed by atoms with Gasteiger partial charge in [-0.15, -0.1) is 0 Å². The molecule has 0 aromatic carbocycles. The van der Waals surface area contributed by atoms with Crippen LogP contribution in [0, 0.1) is 51.8 Å². The number of ether oxygens (including phenoxy) is 4. The van der Waals surface area contributed by atoms with Gasteiger partial charge in [-0.1, -0.05) is 46.8 Å². The van der Waals surface area contributed by atoms with Crippen molar-refractivity contribution in [3.63, 3.8) is 0 Å². The summed E-state index contributed by atoms with van der Waals surface area (Å²) in [6.07, 6.45) is 9.02. The van der Waals surface area contributed by atoms with Crippen LogP contribution in [-0.2, 0) is 28.5 Å². The van der Waals surface area contributed by atoms with E-state index < -0.39 is 23.3 Å². The number of esters is 2. The van der Waals surface area contributed by atoms with Gasteiger partial charge < -0.3 is 24.1 Å². The molecule has 0 aromatic rings. The van der Waals surface area contributed by atoms with Gasteiger partial charge in [-0.2, -0.15) is 0 Å². The maximum absolute atomic E-state index is 12.2. The summed E-state index contributed by atoms with van der Waals surface area (Å²) < 4.78 is 23.8. The molecule has 1 heterocycles. The molecule has 214 valence electrons. The Morgan fingerprint density at radius 3 is 2.29 bits per heavy atom. The second kappa shape index (κ2) is 9.59. The molecular weight excluding hydrogens is 484 g/mol. The molecule has 0 amide bonds. The zero-order valence-corrected chi connectivity index (χ0v) is 24.3. The molecule has 0 bridgehead atoms. The fourth-order valence-electron chi connectivity index (χ4n) is 9.51. The third-order valence-electron chi connectivity index (χ3n) is 11.4. The Labute approximate surface area is 228 Å². The molecule has 7 heteroatoms. The van der Waals surface area contributed by atoms with Crippen LogP contribution in [0.5, 0.6) is 0 Å². The zero-order chi connectivity index (χ0) is 27.7. The number of carbonyl (C=O) groups excluding carboxylic acids is 2. The van der Waals surface area contributed by atoms with Crippen molar-refractivity contribution in [1.29, 1.82) is 0 Å². The van der Waals surface area contributed by atoms with E-state index in [0.29, 0.717) is 30.1 Å². The largest absolute Gasteiger partial charge is 0.462 e. The average molecular weight is 533 g/mol. The maximum atomic E-state index is 12.2. The van der Waals surface area contributed by atoms with Crippen LogP contribution in [0.2, 0.25) is 0 Å². The lowest BCUT2D eigenvalue weighted by Gasteiger charge is -2.63. The Balaban J connectivity index is 1.41. The van der Waals surface area contributed by atoms with E-state index in [9.17, 15) is 14.7 Å². The number of allylic oxidation sites excluding steroid dienone is 2. The van der Waals surface area contributed by atoms with Crippen molar-refractivity contribution in [3.8, 4) is 0 Å². The average Bonchev–Trinajstić information content (AvgIpc) is 3.16. The third-order valence-corrected chi connectivity index (χ3v) is 11.4. The second-order valence-corrected chi connectivity index (χ2v) is 14.4. The standard InChI is InChI=1S/C31H48O7/c1-18(27-35-16-28(4,5)17-36-27)24-10-11-25-23-9-8-21-14-22(37-19(2)32)15-31(34,38-20(3)33)30(21,7)26(23)12-13-29(24,25)6/h8-9,18,21-27,34H,10-17H2,1-7H3/t18?,21?,22?,23-,24+,25-,26-,29+,30-,31?/m0/s1. The Kier molecular flexibility index (Phi) is 7.09. The van der Waals surface area contributed by atoms with Gasteiger partial charge in [0.1, 0.15) is 6.10 Å². The van der Waals surface area contributed by atoms with Gasteiger partial charge in [0.2, 0.25) is 5.79 Å². The number of hydrogen-bond acceptors (Lipinski definition) is 7. The summed E-state index contributed by atoms with van der Waals surface area (Å²) in [7, 11) is 0. The summed E-state index contributed by atoms with van der Waals surface area (Å²) in [4.78, 5) is 24.0. The van der Waals surface area contributed by atoms with Gasteiger partial charge in [0, 0.05) is 30.6 Å². The normalized spacial score (nSPS) is 46.8. The van der Waals surface area contributed by atoms with Crippen molar-refractivity contribution >= 4 is 11.9 Å². The molecule has 1 saturated heterocycles. The van der Waals surface area contributed by atoms with Crippen LogP contribution >= 0.6 is 0 Å². The monoisotopic (exact) mass is 532 g/mol. The predicted octanol–water partition coefficient (Wildman–Crippen LogP) is 5.25. The molecule has 4 aliphatic carbocycles. The lowest BCUT2D eigenvalue weighted by Crippen LogP contribution is -2.65. The van der Waals surface area contributed by atoms with Gasteiger partial charge in [0.05, 0.1) is 19.6 Å². The van der Waals surface area contributed by atoms with Gasteiger partial charge in [0.15, 0.2) is 6.29 Å². The highest BCUT2D eigenvalue weighted by atomic mass is 16.7. The van der Waals surface area contributed by atoms with E-state index in [-0.39, 0.29) is 41.3 Å². The summed E-state index contributed by atoms with van der Waals surface area (Å²) in [5.41, 5.74) is -0.439. The van der Waals surface area contributed by atoms with Crippen molar-refractivity contribution in [2.24, 2.45) is 51.8 Å². The minimum absolute atomic E-state index is 0.0425. The number of rotatable bonds is 4. The fraction of sp³-hybridized carbons (Fsp3) is 0.871. The quantitative estimate of drug-likeness (QED) is 0.300. The predicted molar refractivity (Wildman–Crippen MR) is 141 cm³/mol. The molecule has 0 spiro atoms. The molecule has 1 N–H and O–H groups in total. The third kappa shape index (κ3) is 4.45. The van der Waals surface area contributed by atoms with Crippen LogP contribution < -0.4 is 0 Å². The molecule has 0 aromatic heterocycles. The van der Waals surface area contributed by atoms with E-state index in [4.69, 9.17) is 18.9 Å². The molecule has 10 atom stereocenters. The molecule has 5 aliphatic rings. The summed E-state index contributed by atoms with van der Waals surface area (Å²) in [6.45, 7) is 15.4. The van der Waals surface area contributed by atoms with Crippen molar-refractivity contribution in [1.82, 2.24) is 0 Å². The Morgan fingerprint density at radius 1 is 0.974 bits per heavy atom. The number of hydrogen-bond donors (Lipinski definition) is 1. The first-order chi connectivity index (χ1) is 17.7. The molecule has 5 rings (SSSR count). The number of aliphatic hydroxyl groups is 1. The van der Waals surface area contributed by atoms with E-state index in [0.717, 1.165) is 38.9 Å². The van der Waals surface area contributed by atoms with Gasteiger partial charge in [-0.05, 0) is 67.1 Å². The molecule has 7 nitrogen and oxygen atoms in total. The highest BCUT2D eigenvalue weighted by Crippen LogP contribution is 2.68. The van der Waals surface area contributed by atoms with Gasteiger partial charge >= 0.3 is 11.9 Å². The van der Waals surface area contributed by atoms with Crippen LogP contribution in [0.4, 0.5) is 0 Å². The smallest absolute Gasteiger partial charge is 0.305 e. The fourth-order valence-corrected chi connectivity index (χ4v) is 9.51. The molecule has 3 saturated carbocycles. The van der Waals surface area contributed by atoms with Gasteiger partial charge in [0.25, 0.3) is 0 Å². The Bertz CT molecular complexity index is 965.